The fraction of sp³-hybridized carbons (Fsp3) is 0.143. The molecule has 2 aromatic rings. The van der Waals surface area contributed by atoms with Gasteiger partial charge in [0.05, 0.1) is 16.5 Å². The number of ether oxygens (including phenoxy) is 2. The molecule has 0 saturated heterocycles. The number of nitro groups is 1. The second kappa shape index (κ2) is 5.92. The van der Waals surface area contributed by atoms with E-state index in [1.165, 1.54) is 6.07 Å². The summed E-state index contributed by atoms with van der Waals surface area (Å²) in [6.07, 6.45) is 0. The molecule has 0 radical (unpaired) electrons. The van der Waals surface area contributed by atoms with Crippen LogP contribution < -0.4 is 9.47 Å². The molecule has 0 aromatic heterocycles. The lowest BCUT2D eigenvalue weighted by Crippen LogP contribution is -1.93. The quantitative estimate of drug-likeness (QED) is 0.610. The second-order valence-corrected chi connectivity index (χ2v) is 4.96. The minimum atomic E-state index is -0.414. The Hall–Kier alpha value is -2.08. The first-order chi connectivity index (χ1) is 9.51. The molecule has 0 heterocycles. The van der Waals surface area contributed by atoms with E-state index in [9.17, 15) is 10.1 Å². The Morgan fingerprint density at radius 2 is 1.85 bits per heavy atom. The summed E-state index contributed by atoms with van der Waals surface area (Å²) in [5.41, 5.74) is 0.628. The Kier molecular flexibility index (Phi) is 4.24. The van der Waals surface area contributed by atoms with Gasteiger partial charge >= 0.3 is 0 Å². The van der Waals surface area contributed by atoms with Gasteiger partial charge in [0.1, 0.15) is 17.2 Å². The van der Waals surface area contributed by atoms with Crippen LogP contribution in [-0.4, -0.2) is 12.0 Å². The van der Waals surface area contributed by atoms with Crippen LogP contribution in [0.1, 0.15) is 5.56 Å². The number of halogens is 1. The molecule has 0 bridgehead atoms. The molecule has 2 aromatic carbocycles. The van der Waals surface area contributed by atoms with Crippen molar-refractivity contribution in [2.24, 2.45) is 0 Å². The second-order valence-electron chi connectivity index (χ2n) is 4.10. The summed E-state index contributed by atoms with van der Waals surface area (Å²) in [6.45, 7) is 1.67. The van der Waals surface area contributed by atoms with Crippen molar-refractivity contribution in [3.63, 3.8) is 0 Å². The van der Waals surface area contributed by atoms with Gasteiger partial charge in [0.25, 0.3) is 5.69 Å². The summed E-state index contributed by atoms with van der Waals surface area (Å²) in [4.78, 5) is 10.3. The van der Waals surface area contributed by atoms with Gasteiger partial charge in [-0.25, -0.2) is 0 Å². The summed E-state index contributed by atoms with van der Waals surface area (Å²) in [6, 6.07) is 9.96. The number of benzene rings is 2. The maximum absolute atomic E-state index is 10.8. The first kappa shape index (κ1) is 14.3. The molecule has 0 fully saturated rings. The number of methoxy groups -OCH3 is 1. The Balaban J connectivity index is 2.26. The smallest absolute Gasteiger partial charge is 0.272 e. The first-order valence-corrected chi connectivity index (χ1v) is 6.57. The van der Waals surface area contributed by atoms with Crippen LogP contribution in [0.3, 0.4) is 0 Å². The van der Waals surface area contributed by atoms with E-state index in [0.717, 1.165) is 4.47 Å². The van der Waals surface area contributed by atoms with Gasteiger partial charge in [-0.15, -0.1) is 0 Å². The van der Waals surface area contributed by atoms with Crippen LogP contribution in [0, 0.1) is 17.0 Å². The Morgan fingerprint density at radius 3 is 2.40 bits per heavy atom. The highest BCUT2D eigenvalue weighted by atomic mass is 79.9. The zero-order valence-electron chi connectivity index (χ0n) is 10.9. The molecule has 0 saturated carbocycles. The lowest BCUT2D eigenvalue weighted by molar-refractivity contribution is -0.385. The van der Waals surface area contributed by atoms with Crippen molar-refractivity contribution in [3.8, 4) is 17.2 Å². The SMILES string of the molecule is COc1ccc(Oc2ccc([N+](=O)[O-])c(C)c2)c(Br)c1. The predicted octanol–water partition coefficient (Wildman–Crippen LogP) is 4.47. The van der Waals surface area contributed by atoms with E-state index >= 15 is 0 Å². The monoisotopic (exact) mass is 337 g/mol. The van der Waals surface area contributed by atoms with Gasteiger partial charge in [0.15, 0.2) is 0 Å². The fourth-order valence-corrected chi connectivity index (χ4v) is 2.15. The number of hydrogen-bond donors (Lipinski definition) is 0. The van der Waals surface area contributed by atoms with Crippen LogP contribution in [0.25, 0.3) is 0 Å². The van der Waals surface area contributed by atoms with Gasteiger partial charge < -0.3 is 9.47 Å². The van der Waals surface area contributed by atoms with Crippen LogP contribution in [-0.2, 0) is 0 Å². The third kappa shape index (κ3) is 3.08. The van der Waals surface area contributed by atoms with Crippen molar-refractivity contribution >= 4 is 21.6 Å². The van der Waals surface area contributed by atoms with Gasteiger partial charge in [-0.1, -0.05) is 0 Å². The normalized spacial score (nSPS) is 10.2. The number of nitro benzene ring substituents is 1. The van der Waals surface area contributed by atoms with Gasteiger partial charge in [-0.2, -0.15) is 0 Å². The highest BCUT2D eigenvalue weighted by Crippen LogP contribution is 2.34. The summed E-state index contributed by atoms with van der Waals surface area (Å²) >= 11 is 3.39. The van der Waals surface area contributed by atoms with Crippen molar-refractivity contribution in [2.45, 2.75) is 6.92 Å². The molecule has 20 heavy (non-hydrogen) atoms. The molecule has 5 nitrogen and oxygen atoms in total. The van der Waals surface area contributed by atoms with E-state index in [0.29, 0.717) is 22.8 Å². The zero-order valence-corrected chi connectivity index (χ0v) is 12.5. The van der Waals surface area contributed by atoms with Gasteiger partial charge in [-0.3, -0.25) is 10.1 Å². The van der Waals surface area contributed by atoms with E-state index < -0.39 is 4.92 Å². The van der Waals surface area contributed by atoms with Crippen molar-refractivity contribution in [1.29, 1.82) is 0 Å². The number of aryl methyl sites for hydroxylation is 1. The third-order valence-electron chi connectivity index (χ3n) is 2.73. The Morgan fingerprint density at radius 1 is 1.15 bits per heavy atom. The van der Waals surface area contributed by atoms with E-state index in [4.69, 9.17) is 9.47 Å². The van der Waals surface area contributed by atoms with Crippen LogP contribution in [0.4, 0.5) is 5.69 Å². The van der Waals surface area contributed by atoms with Crippen molar-refractivity contribution in [1.82, 2.24) is 0 Å². The molecule has 2 rings (SSSR count). The molecule has 0 spiro atoms. The number of hydrogen-bond acceptors (Lipinski definition) is 4. The average molecular weight is 338 g/mol. The Bertz CT molecular complexity index is 658. The standard InChI is InChI=1S/C14H12BrNO4/c1-9-7-11(3-5-13(9)16(17)18)20-14-6-4-10(19-2)8-12(14)15/h3-8H,1-2H3. The minimum Gasteiger partial charge on any atom is -0.497 e. The first-order valence-electron chi connectivity index (χ1n) is 5.77. The molecule has 0 atom stereocenters. The van der Waals surface area contributed by atoms with Crippen LogP contribution in [0.5, 0.6) is 17.2 Å². The van der Waals surface area contributed by atoms with E-state index in [-0.39, 0.29) is 5.69 Å². The lowest BCUT2D eigenvalue weighted by Gasteiger charge is -2.09. The van der Waals surface area contributed by atoms with Crippen LogP contribution in [0.2, 0.25) is 0 Å². The van der Waals surface area contributed by atoms with Gasteiger partial charge in [-0.05, 0) is 53.2 Å². The fourth-order valence-electron chi connectivity index (χ4n) is 1.71. The minimum absolute atomic E-state index is 0.0751. The van der Waals surface area contributed by atoms with Crippen LogP contribution in [0.15, 0.2) is 40.9 Å². The summed E-state index contributed by atoms with van der Waals surface area (Å²) in [5, 5.41) is 10.8. The maximum atomic E-state index is 10.8. The third-order valence-corrected chi connectivity index (χ3v) is 3.35. The molecule has 0 unspecified atom stereocenters. The Labute approximate surface area is 124 Å². The topological polar surface area (TPSA) is 61.6 Å². The number of rotatable bonds is 4. The molecule has 0 N–H and O–H groups in total. The van der Waals surface area contributed by atoms with Crippen LogP contribution >= 0.6 is 15.9 Å². The predicted molar refractivity (Wildman–Crippen MR) is 78.6 cm³/mol. The summed E-state index contributed by atoms with van der Waals surface area (Å²) in [5.74, 6) is 1.86. The molecule has 0 aliphatic carbocycles. The lowest BCUT2D eigenvalue weighted by atomic mass is 10.2. The van der Waals surface area contributed by atoms with Gasteiger partial charge in [0, 0.05) is 11.6 Å². The van der Waals surface area contributed by atoms with E-state index in [1.807, 2.05) is 0 Å². The molecule has 0 aliphatic rings. The van der Waals surface area contributed by atoms with E-state index in [2.05, 4.69) is 15.9 Å². The largest absolute Gasteiger partial charge is 0.497 e. The van der Waals surface area contributed by atoms with Crippen molar-refractivity contribution < 1.29 is 14.4 Å². The molecular weight excluding hydrogens is 326 g/mol. The molecule has 104 valence electrons. The summed E-state index contributed by atoms with van der Waals surface area (Å²) in [7, 11) is 1.59. The van der Waals surface area contributed by atoms with Gasteiger partial charge in [0.2, 0.25) is 0 Å². The highest BCUT2D eigenvalue weighted by Gasteiger charge is 2.12. The number of nitrogens with zero attached hydrogens (tertiary/aromatic N) is 1. The van der Waals surface area contributed by atoms with Crippen molar-refractivity contribution in [3.05, 3.63) is 56.5 Å². The molecule has 6 heteroatoms. The highest BCUT2D eigenvalue weighted by molar-refractivity contribution is 9.10. The summed E-state index contributed by atoms with van der Waals surface area (Å²) < 4.78 is 11.5. The molecule has 0 amide bonds. The van der Waals surface area contributed by atoms with E-state index in [1.54, 1.807) is 44.4 Å². The van der Waals surface area contributed by atoms with Crippen molar-refractivity contribution in [2.75, 3.05) is 7.11 Å². The zero-order chi connectivity index (χ0) is 14.7. The molecular formula is C14H12BrNO4. The average Bonchev–Trinajstić information content (AvgIpc) is 2.40. The maximum Gasteiger partial charge on any atom is 0.272 e. The molecule has 0 aliphatic heterocycles.